The summed E-state index contributed by atoms with van der Waals surface area (Å²) < 4.78 is 38.6. The Morgan fingerprint density at radius 2 is 1.37 bits per heavy atom. The van der Waals surface area contributed by atoms with Crippen LogP contribution in [0.25, 0.3) is 22.3 Å². The first-order valence-corrected chi connectivity index (χ1v) is 13.9. The number of rotatable bonds is 8. The average molecular weight is 655 g/mol. The third-order valence-electron chi connectivity index (χ3n) is 7.80. The summed E-state index contributed by atoms with van der Waals surface area (Å²) in [5.74, 6) is -2.76. The fourth-order valence-electron chi connectivity index (χ4n) is 5.20. The van der Waals surface area contributed by atoms with E-state index in [0.717, 1.165) is 12.1 Å². The standard InChI is InChI=1S/C29H34O17/c1-9-18(32)22(36)24(38)28(43-9)42-8-16-20(34)23(37)25(39)29(45-16)46-27-21(35)17-12(31)6-11(30)7-13(17)44-26(27)10-4-14(40-2)19(33)15(5-10)41-3/h4-7,9,16,18,20,22-25,28-34,36-39H,8H2,1-3H3/t9-,16-,18-,20+,22+,23+,24+,25-,28+,29+/m1/s1. The number of benzene rings is 2. The van der Waals surface area contributed by atoms with E-state index in [1.165, 1.54) is 33.3 Å². The van der Waals surface area contributed by atoms with Crippen LogP contribution in [0.5, 0.6) is 34.5 Å². The van der Waals surface area contributed by atoms with Gasteiger partial charge in [0.1, 0.15) is 65.2 Å². The number of ether oxygens (including phenoxy) is 6. The van der Waals surface area contributed by atoms with Gasteiger partial charge in [0.2, 0.25) is 23.2 Å². The van der Waals surface area contributed by atoms with E-state index in [1.807, 2.05) is 0 Å². The van der Waals surface area contributed by atoms with E-state index in [1.54, 1.807) is 0 Å². The third kappa shape index (κ3) is 5.99. The molecule has 0 saturated carbocycles. The number of phenolic OH excluding ortho intramolecular Hbond substituents is 3. The lowest BCUT2D eigenvalue weighted by atomic mass is 9.98. The molecule has 0 radical (unpaired) electrons. The highest BCUT2D eigenvalue weighted by Crippen LogP contribution is 2.44. The second-order valence-corrected chi connectivity index (χ2v) is 10.8. The molecule has 0 unspecified atom stereocenters. The first kappa shape index (κ1) is 33.5. The Bertz CT molecular complexity index is 1600. The molecular weight excluding hydrogens is 620 g/mol. The summed E-state index contributed by atoms with van der Waals surface area (Å²) in [5.41, 5.74) is -1.27. The van der Waals surface area contributed by atoms with Gasteiger partial charge in [-0.2, -0.15) is 0 Å². The molecule has 2 aliphatic rings. The summed E-state index contributed by atoms with van der Waals surface area (Å²) in [5, 5.41) is 92.7. The maximum atomic E-state index is 13.8. The van der Waals surface area contributed by atoms with Crippen molar-refractivity contribution in [2.75, 3.05) is 20.8 Å². The van der Waals surface area contributed by atoms with E-state index >= 15 is 0 Å². The smallest absolute Gasteiger partial charge is 0.239 e. The highest BCUT2D eigenvalue weighted by atomic mass is 16.7. The maximum Gasteiger partial charge on any atom is 0.239 e. The van der Waals surface area contributed by atoms with Gasteiger partial charge in [0.25, 0.3) is 0 Å². The normalized spacial score (nSPS) is 31.5. The quantitative estimate of drug-likeness (QED) is 0.135. The summed E-state index contributed by atoms with van der Waals surface area (Å²) in [6.45, 7) is 0.824. The van der Waals surface area contributed by atoms with E-state index in [9.17, 15) is 50.8 Å². The first-order valence-electron chi connectivity index (χ1n) is 13.9. The van der Waals surface area contributed by atoms with Crippen molar-refractivity contribution < 1.29 is 78.8 Å². The predicted octanol–water partition coefficient (Wildman–Crippen LogP) is -1.38. The van der Waals surface area contributed by atoms with Crippen molar-refractivity contribution in [1.82, 2.24) is 0 Å². The number of fused-ring (bicyclic) bond motifs is 1. The molecule has 2 aliphatic heterocycles. The molecule has 2 aromatic carbocycles. The van der Waals surface area contributed by atoms with Crippen molar-refractivity contribution in [2.24, 2.45) is 0 Å². The van der Waals surface area contributed by atoms with Crippen LogP contribution in [0.1, 0.15) is 6.92 Å². The Hall–Kier alpha value is -3.91. The number of aliphatic hydroxyl groups excluding tert-OH is 6. The van der Waals surface area contributed by atoms with Gasteiger partial charge in [0, 0.05) is 17.7 Å². The lowest BCUT2D eigenvalue weighted by Crippen LogP contribution is -2.61. The molecule has 0 bridgehead atoms. The van der Waals surface area contributed by atoms with Crippen LogP contribution in [0.3, 0.4) is 0 Å². The molecule has 1 aromatic heterocycles. The number of hydrogen-bond donors (Lipinski definition) is 9. The molecule has 3 heterocycles. The molecule has 0 aliphatic carbocycles. The van der Waals surface area contributed by atoms with Crippen molar-refractivity contribution in [3.05, 3.63) is 34.5 Å². The zero-order valence-electron chi connectivity index (χ0n) is 24.6. The number of aliphatic hydroxyl groups is 6. The predicted molar refractivity (Wildman–Crippen MR) is 152 cm³/mol. The molecule has 5 rings (SSSR count). The minimum absolute atomic E-state index is 0.0207. The molecular formula is C29H34O17. The number of phenols is 3. The van der Waals surface area contributed by atoms with Crippen LogP contribution < -0.4 is 19.6 Å². The highest BCUT2D eigenvalue weighted by Gasteiger charge is 2.48. The fraction of sp³-hybridized carbons (Fsp3) is 0.483. The van der Waals surface area contributed by atoms with Gasteiger partial charge in [0.15, 0.2) is 23.5 Å². The summed E-state index contributed by atoms with van der Waals surface area (Å²) in [6.07, 6.45) is -16.2. The minimum atomic E-state index is -1.97. The van der Waals surface area contributed by atoms with Crippen molar-refractivity contribution >= 4 is 11.0 Å². The van der Waals surface area contributed by atoms with Crippen molar-refractivity contribution in [2.45, 2.75) is 68.3 Å². The van der Waals surface area contributed by atoms with Crippen LogP contribution in [-0.4, -0.2) is 128 Å². The molecule has 9 N–H and O–H groups in total. The summed E-state index contributed by atoms with van der Waals surface area (Å²) in [7, 11) is 2.51. The minimum Gasteiger partial charge on any atom is -0.508 e. The van der Waals surface area contributed by atoms with Gasteiger partial charge in [-0.15, -0.1) is 0 Å². The molecule has 0 spiro atoms. The Kier molecular flexibility index (Phi) is 9.50. The van der Waals surface area contributed by atoms with Crippen LogP contribution >= 0.6 is 0 Å². The first-order chi connectivity index (χ1) is 21.8. The van der Waals surface area contributed by atoms with E-state index in [-0.39, 0.29) is 34.2 Å². The Labute approximate surface area is 259 Å². The van der Waals surface area contributed by atoms with Gasteiger partial charge in [-0.3, -0.25) is 4.79 Å². The molecule has 46 heavy (non-hydrogen) atoms. The van der Waals surface area contributed by atoms with Crippen LogP contribution in [0, 0.1) is 0 Å². The topological polar surface area (TPSA) is 268 Å². The summed E-state index contributed by atoms with van der Waals surface area (Å²) in [6, 6.07) is 4.45. The van der Waals surface area contributed by atoms with Gasteiger partial charge in [-0.1, -0.05) is 0 Å². The van der Waals surface area contributed by atoms with E-state index in [0.29, 0.717) is 0 Å². The van der Waals surface area contributed by atoms with Gasteiger partial charge in [0.05, 0.1) is 26.9 Å². The molecule has 17 nitrogen and oxygen atoms in total. The zero-order chi connectivity index (χ0) is 33.6. The maximum absolute atomic E-state index is 13.8. The Balaban J connectivity index is 1.52. The van der Waals surface area contributed by atoms with Gasteiger partial charge in [-0.05, 0) is 19.1 Å². The summed E-state index contributed by atoms with van der Waals surface area (Å²) in [4.78, 5) is 13.8. The number of aromatic hydroxyl groups is 3. The lowest BCUT2D eigenvalue weighted by molar-refractivity contribution is -0.318. The number of methoxy groups -OCH3 is 2. The Morgan fingerprint density at radius 1 is 0.761 bits per heavy atom. The second kappa shape index (κ2) is 13.1. The number of hydrogen-bond acceptors (Lipinski definition) is 17. The Morgan fingerprint density at radius 3 is 2.00 bits per heavy atom. The third-order valence-corrected chi connectivity index (χ3v) is 7.80. The molecule has 252 valence electrons. The molecule has 17 heteroatoms. The van der Waals surface area contributed by atoms with Gasteiger partial charge >= 0.3 is 0 Å². The summed E-state index contributed by atoms with van der Waals surface area (Å²) >= 11 is 0. The lowest BCUT2D eigenvalue weighted by Gasteiger charge is -2.42. The van der Waals surface area contributed by atoms with E-state index in [2.05, 4.69) is 0 Å². The van der Waals surface area contributed by atoms with E-state index in [4.69, 9.17) is 32.8 Å². The molecule has 0 amide bonds. The van der Waals surface area contributed by atoms with Crippen LogP contribution in [-0.2, 0) is 14.2 Å². The van der Waals surface area contributed by atoms with Gasteiger partial charge in [-0.25, -0.2) is 0 Å². The van der Waals surface area contributed by atoms with E-state index < -0.39 is 96.1 Å². The largest absolute Gasteiger partial charge is 0.508 e. The average Bonchev–Trinajstić information content (AvgIpc) is 3.02. The second-order valence-electron chi connectivity index (χ2n) is 10.8. The van der Waals surface area contributed by atoms with Crippen LogP contribution in [0.4, 0.5) is 0 Å². The fourth-order valence-corrected chi connectivity index (χ4v) is 5.20. The molecule has 2 fully saturated rings. The SMILES string of the molecule is COc1cc(-c2oc3cc(O)cc(O)c3c(=O)c2O[C@@H]2O[C@H](CO[C@H]3O[C@H](C)[C@@H](O)[C@H](O)[C@@H]3O)[C@H](O)[C@H](O)[C@H]2O)cc(OC)c1O. The van der Waals surface area contributed by atoms with Crippen molar-refractivity contribution in [1.29, 1.82) is 0 Å². The molecule has 3 aromatic rings. The molecule has 10 atom stereocenters. The van der Waals surface area contributed by atoms with Crippen molar-refractivity contribution in [3.8, 4) is 45.8 Å². The van der Waals surface area contributed by atoms with Crippen LogP contribution in [0.15, 0.2) is 33.5 Å². The van der Waals surface area contributed by atoms with Gasteiger partial charge < -0.3 is 78.8 Å². The highest BCUT2D eigenvalue weighted by molar-refractivity contribution is 5.88. The van der Waals surface area contributed by atoms with Crippen molar-refractivity contribution in [3.63, 3.8) is 0 Å². The zero-order valence-corrected chi connectivity index (χ0v) is 24.6. The van der Waals surface area contributed by atoms with Crippen LogP contribution in [0.2, 0.25) is 0 Å². The molecule has 2 saturated heterocycles. The monoisotopic (exact) mass is 654 g/mol.